The molecule has 1 saturated heterocycles. The molecule has 118 valence electrons. The zero-order chi connectivity index (χ0) is 15.5. The number of rotatable bonds is 3. The van der Waals surface area contributed by atoms with Crippen LogP contribution in [-0.2, 0) is 9.59 Å². The molecule has 0 bridgehead atoms. The van der Waals surface area contributed by atoms with E-state index in [2.05, 4.69) is 10.6 Å². The summed E-state index contributed by atoms with van der Waals surface area (Å²) in [7, 11) is 1.93. The summed E-state index contributed by atoms with van der Waals surface area (Å²) in [6.45, 7) is 1.54. The van der Waals surface area contributed by atoms with Crippen molar-refractivity contribution < 1.29 is 9.59 Å². The minimum Gasteiger partial charge on any atom is -0.341 e. The van der Waals surface area contributed by atoms with Crippen molar-refractivity contribution in [2.75, 3.05) is 25.5 Å². The van der Waals surface area contributed by atoms with E-state index >= 15 is 0 Å². The highest BCUT2D eigenvalue weighted by atomic mass is 32.2. The van der Waals surface area contributed by atoms with Crippen LogP contribution in [0.2, 0.25) is 0 Å². The Morgan fingerprint density at radius 3 is 3.09 bits per heavy atom. The number of benzene rings is 1. The highest BCUT2D eigenvalue weighted by Crippen LogP contribution is 2.36. The summed E-state index contributed by atoms with van der Waals surface area (Å²) in [5.41, 5.74) is 0.842. The number of likely N-dealkylation sites (tertiary alicyclic amines) is 1. The second-order valence-electron chi connectivity index (χ2n) is 5.76. The molecule has 3 rings (SSSR count). The summed E-state index contributed by atoms with van der Waals surface area (Å²) < 4.78 is 0. The van der Waals surface area contributed by atoms with Crippen LogP contribution in [0.5, 0.6) is 0 Å². The van der Waals surface area contributed by atoms with E-state index in [1.807, 2.05) is 36.2 Å². The molecule has 2 N–H and O–H groups in total. The molecule has 1 fully saturated rings. The summed E-state index contributed by atoms with van der Waals surface area (Å²) in [6.07, 6.45) is 2.39. The van der Waals surface area contributed by atoms with Crippen LogP contribution >= 0.6 is 11.8 Å². The number of piperidine rings is 1. The summed E-state index contributed by atoms with van der Waals surface area (Å²) in [5.74, 6) is 0.00575. The van der Waals surface area contributed by atoms with Gasteiger partial charge in [-0.25, -0.2) is 0 Å². The highest BCUT2D eigenvalue weighted by Gasteiger charge is 2.31. The van der Waals surface area contributed by atoms with Gasteiger partial charge in [-0.05, 0) is 32.0 Å². The van der Waals surface area contributed by atoms with Gasteiger partial charge in [-0.2, -0.15) is 0 Å². The number of para-hydroxylation sites is 1. The van der Waals surface area contributed by atoms with Gasteiger partial charge < -0.3 is 15.5 Å². The number of carbonyl (C=O) groups excluding carboxylic acids is 2. The third kappa shape index (κ3) is 3.28. The van der Waals surface area contributed by atoms with Crippen LogP contribution in [0.3, 0.4) is 0 Å². The minimum atomic E-state index is -0.336. The molecule has 2 atom stereocenters. The zero-order valence-electron chi connectivity index (χ0n) is 12.7. The van der Waals surface area contributed by atoms with Crippen LogP contribution < -0.4 is 10.6 Å². The van der Waals surface area contributed by atoms with E-state index in [1.165, 1.54) is 11.8 Å². The van der Waals surface area contributed by atoms with Gasteiger partial charge in [0.25, 0.3) is 0 Å². The smallest absolute Gasteiger partial charge is 0.238 e. The summed E-state index contributed by atoms with van der Waals surface area (Å²) in [4.78, 5) is 27.6. The Morgan fingerprint density at radius 1 is 1.45 bits per heavy atom. The Hall–Kier alpha value is -1.53. The van der Waals surface area contributed by atoms with Crippen LogP contribution in [-0.4, -0.2) is 48.1 Å². The number of fused-ring (bicyclic) bond motifs is 1. The number of likely N-dealkylation sites (N-methyl/N-ethyl adjacent to an activating group) is 1. The lowest BCUT2D eigenvalue weighted by Gasteiger charge is -2.33. The van der Waals surface area contributed by atoms with E-state index in [0.29, 0.717) is 6.04 Å². The Balaban J connectivity index is 1.63. The van der Waals surface area contributed by atoms with Gasteiger partial charge in [-0.1, -0.05) is 12.1 Å². The van der Waals surface area contributed by atoms with Gasteiger partial charge in [0.2, 0.25) is 11.8 Å². The van der Waals surface area contributed by atoms with Crippen molar-refractivity contribution >= 4 is 29.3 Å². The first-order valence-corrected chi connectivity index (χ1v) is 8.57. The monoisotopic (exact) mass is 319 g/mol. The predicted octanol–water partition coefficient (Wildman–Crippen LogP) is 1.70. The maximum Gasteiger partial charge on any atom is 0.238 e. The lowest BCUT2D eigenvalue weighted by atomic mass is 10.1. The molecule has 1 aromatic rings. The number of nitrogens with one attached hydrogen (secondary N) is 2. The molecule has 6 heteroatoms. The molecule has 0 spiro atoms. The second kappa shape index (κ2) is 6.71. The van der Waals surface area contributed by atoms with Crippen LogP contribution in [0.1, 0.15) is 19.3 Å². The van der Waals surface area contributed by atoms with Crippen molar-refractivity contribution in [1.29, 1.82) is 0 Å². The Morgan fingerprint density at radius 2 is 2.27 bits per heavy atom. The third-order valence-electron chi connectivity index (χ3n) is 4.25. The van der Waals surface area contributed by atoms with Crippen LogP contribution in [0.4, 0.5) is 5.69 Å². The molecule has 2 aliphatic heterocycles. The average molecular weight is 319 g/mol. The summed E-state index contributed by atoms with van der Waals surface area (Å²) >= 11 is 1.49. The second-order valence-corrected chi connectivity index (χ2v) is 7.01. The van der Waals surface area contributed by atoms with Gasteiger partial charge >= 0.3 is 0 Å². The fraction of sp³-hybridized carbons (Fsp3) is 0.500. The van der Waals surface area contributed by atoms with Gasteiger partial charge in [0, 0.05) is 30.4 Å². The first-order valence-electron chi connectivity index (χ1n) is 7.69. The topological polar surface area (TPSA) is 61.4 Å². The maximum atomic E-state index is 12.5. The number of anilines is 1. The number of thioether (sulfide) groups is 1. The first kappa shape index (κ1) is 15.4. The van der Waals surface area contributed by atoms with Gasteiger partial charge in [0.05, 0.1) is 10.9 Å². The van der Waals surface area contributed by atoms with Gasteiger partial charge in [0.1, 0.15) is 0 Å². The van der Waals surface area contributed by atoms with E-state index in [-0.39, 0.29) is 23.5 Å². The number of nitrogens with zero attached hydrogens (tertiary/aromatic N) is 1. The van der Waals surface area contributed by atoms with Crippen molar-refractivity contribution in [1.82, 2.24) is 10.2 Å². The summed E-state index contributed by atoms with van der Waals surface area (Å²) in [6, 6.07) is 8.09. The van der Waals surface area contributed by atoms with Gasteiger partial charge in [-0.3, -0.25) is 9.59 Å². The first-order chi connectivity index (χ1) is 10.7. The minimum absolute atomic E-state index is 0.0702. The van der Waals surface area contributed by atoms with Crippen LogP contribution in [0.25, 0.3) is 0 Å². The fourth-order valence-electron chi connectivity index (χ4n) is 2.95. The standard InChI is InChI=1S/C16H21N3O2S/c1-17-11-5-4-8-19(10-11)15(20)9-14-16(21)18-12-6-2-3-7-13(12)22-14/h2-3,6-7,11,14,17H,4-5,8-10H2,1H3,(H,18,21). The van der Waals surface area contributed by atoms with Crippen LogP contribution in [0, 0.1) is 0 Å². The number of carbonyl (C=O) groups is 2. The fourth-order valence-corrected chi connectivity index (χ4v) is 4.06. The zero-order valence-corrected chi connectivity index (χ0v) is 13.5. The predicted molar refractivity (Wildman–Crippen MR) is 88.0 cm³/mol. The number of amides is 2. The van der Waals surface area contributed by atoms with Gasteiger partial charge in [0.15, 0.2) is 0 Å². The quantitative estimate of drug-likeness (QED) is 0.890. The average Bonchev–Trinajstić information content (AvgIpc) is 2.55. The molecule has 0 saturated carbocycles. The SMILES string of the molecule is CNC1CCCN(C(=O)CC2Sc3ccccc3NC2=O)C1. The van der Waals surface area contributed by atoms with E-state index in [0.717, 1.165) is 36.5 Å². The van der Waals surface area contributed by atoms with Crippen molar-refractivity contribution in [3.8, 4) is 0 Å². The highest BCUT2D eigenvalue weighted by molar-refractivity contribution is 8.01. The van der Waals surface area contributed by atoms with Crippen molar-refractivity contribution in [2.45, 2.75) is 35.4 Å². The van der Waals surface area contributed by atoms with E-state index in [9.17, 15) is 9.59 Å². The normalized spacial score (nSPS) is 24.6. The van der Waals surface area contributed by atoms with E-state index in [1.54, 1.807) is 0 Å². The molecule has 0 radical (unpaired) electrons. The lowest BCUT2D eigenvalue weighted by molar-refractivity contribution is -0.133. The molecule has 0 aliphatic carbocycles. The molecule has 2 amide bonds. The number of hydrogen-bond acceptors (Lipinski definition) is 4. The van der Waals surface area contributed by atoms with Crippen LogP contribution in [0.15, 0.2) is 29.2 Å². The molecular formula is C16H21N3O2S. The maximum absolute atomic E-state index is 12.5. The summed E-state index contributed by atoms with van der Waals surface area (Å²) in [5, 5.41) is 5.80. The molecular weight excluding hydrogens is 298 g/mol. The third-order valence-corrected chi connectivity index (χ3v) is 5.52. The van der Waals surface area contributed by atoms with Crippen molar-refractivity contribution in [3.05, 3.63) is 24.3 Å². The van der Waals surface area contributed by atoms with E-state index in [4.69, 9.17) is 0 Å². The molecule has 5 nitrogen and oxygen atoms in total. The van der Waals surface area contributed by atoms with E-state index < -0.39 is 0 Å². The molecule has 1 aromatic carbocycles. The van der Waals surface area contributed by atoms with Gasteiger partial charge in [-0.15, -0.1) is 11.8 Å². The Bertz CT molecular complexity index is 578. The molecule has 2 aliphatic rings. The Labute approximate surface area is 134 Å². The number of hydrogen-bond donors (Lipinski definition) is 2. The molecule has 2 unspecified atom stereocenters. The molecule has 2 heterocycles. The lowest BCUT2D eigenvalue weighted by Crippen LogP contribution is -2.48. The Kier molecular flexibility index (Phi) is 4.69. The molecule has 0 aromatic heterocycles. The van der Waals surface area contributed by atoms with Crippen molar-refractivity contribution in [2.24, 2.45) is 0 Å². The largest absolute Gasteiger partial charge is 0.341 e. The van der Waals surface area contributed by atoms with Crippen molar-refractivity contribution in [3.63, 3.8) is 0 Å². The molecule has 22 heavy (non-hydrogen) atoms.